The van der Waals surface area contributed by atoms with E-state index in [1.54, 1.807) is 0 Å². The summed E-state index contributed by atoms with van der Waals surface area (Å²) in [5.74, 6) is 0.465. The summed E-state index contributed by atoms with van der Waals surface area (Å²) >= 11 is 1.48. The van der Waals surface area contributed by atoms with Crippen molar-refractivity contribution in [2.75, 3.05) is 0 Å². The standard InChI is InChI=1S/C7H12N2OS/c1-4(2)7-9-6(10)5(3-8)11-7/h4,10H,3,8H2,1-2H3. The number of nitrogens with zero attached hydrogens (tertiary/aromatic N) is 1. The average Bonchev–Trinajstić information content (AvgIpc) is 2.31. The highest BCUT2D eigenvalue weighted by molar-refractivity contribution is 7.12. The monoisotopic (exact) mass is 172 g/mol. The van der Waals surface area contributed by atoms with Gasteiger partial charge in [0.15, 0.2) is 0 Å². The zero-order valence-electron chi connectivity index (χ0n) is 6.66. The molecule has 0 amide bonds. The fourth-order valence-corrected chi connectivity index (χ4v) is 1.58. The normalized spacial score (nSPS) is 10.9. The van der Waals surface area contributed by atoms with E-state index in [9.17, 15) is 5.11 Å². The van der Waals surface area contributed by atoms with Crippen molar-refractivity contribution < 1.29 is 5.11 Å². The summed E-state index contributed by atoms with van der Waals surface area (Å²) in [5, 5.41) is 10.1. The predicted octanol–water partition coefficient (Wildman–Crippen LogP) is 1.43. The van der Waals surface area contributed by atoms with Gasteiger partial charge in [-0.25, -0.2) is 4.98 Å². The van der Waals surface area contributed by atoms with E-state index in [-0.39, 0.29) is 5.88 Å². The number of rotatable bonds is 2. The number of hydrogen-bond donors (Lipinski definition) is 2. The van der Waals surface area contributed by atoms with E-state index in [0.717, 1.165) is 9.88 Å². The third-order valence-corrected chi connectivity index (χ3v) is 2.74. The highest BCUT2D eigenvalue weighted by Gasteiger charge is 2.10. The first-order valence-electron chi connectivity index (χ1n) is 3.53. The van der Waals surface area contributed by atoms with E-state index in [0.29, 0.717) is 12.5 Å². The number of aromatic nitrogens is 1. The fourth-order valence-electron chi connectivity index (χ4n) is 0.741. The molecule has 0 spiro atoms. The van der Waals surface area contributed by atoms with E-state index < -0.39 is 0 Å². The van der Waals surface area contributed by atoms with Gasteiger partial charge in [-0.1, -0.05) is 13.8 Å². The second-order valence-electron chi connectivity index (χ2n) is 2.66. The van der Waals surface area contributed by atoms with Crippen LogP contribution in [0.25, 0.3) is 0 Å². The summed E-state index contributed by atoms with van der Waals surface area (Å²) in [7, 11) is 0. The van der Waals surface area contributed by atoms with Gasteiger partial charge in [0.1, 0.15) is 0 Å². The second-order valence-corrected chi connectivity index (χ2v) is 3.77. The lowest BCUT2D eigenvalue weighted by Gasteiger charge is -1.94. The van der Waals surface area contributed by atoms with Crippen molar-refractivity contribution in [3.05, 3.63) is 9.88 Å². The van der Waals surface area contributed by atoms with Gasteiger partial charge in [0, 0.05) is 12.5 Å². The molecule has 0 aliphatic carbocycles. The molecule has 0 atom stereocenters. The lowest BCUT2D eigenvalue weighted by Crippen LogP contribution is -1.92. The summed E-state index contributed by atoms with van der Waals surface area (Å²) in [6.45, 7) is 4.45. The number of thiazole rings is 1. The molecule has 0 aliphatic rings. The summed E-state index contributed by atoms with van der Waals surface area (Å²) in [4.78, 5) is 4.75. The maximum atomic E-state index is 9.20. The Labute approximate surface area is 69.9 Å². The quantitative estimate of drug-likeness (QED) is 0.709. The molecule has 62 valence electrons. The van der Waals surface area contributed by atoms with Gasteiger partial charge in [-0.15, -0.1) is 11.3 Å². The molecule has 0 unspecified atom stereocenters. The molecule has 3 N–H and O–H groups in total. The van der Waals surface area contributed by atoms with Gasteiger partial charge in [-0.3, -0.25) is 0 Å². The van der Waals surface area contributed by atoms with Crippen molar-refractivity contribution >= 4 is 11.3 Å². The smallest absolute Gasteiger partial charge is 0.226 e. The minimum Gasteiger partial charge on any atom is -0.492 e. The molecule has 4 heteroatoms. The lowest BCUT2D eigenvalue weighted by atomic mass is 10.2. The van der Waals surface area contributed by atoms with E-state index in [1.165, 1.54) is 11.3 Å². The molecule has 3 nitrogen and oxygen atoms in total. The average molecular weight is 172 g/mol. The molecular weight excluding hydrogens is 160 g/mol. The highest BCUT2D eigenvalue weighted by atomic mass is 32.1. The number of hydrogen-bond acceptors (Lipinski definition) is 4. The van der Waals surface area contributed by atoms with Gasteiger partial charge in [-0.2, -0.15) is 0 Å². The van der Waals surface area contributed by atoms with Crippen molar-refractivity contribution in [1.82, 2.24) is 4.98 Å². The first kappa shape index (κ1) is 8.49. The first-order chi connectivity index (χ1) is 5.15. The predicted molar refractivity (Wildman–Crippen MR) is 45.8 cm³/mol. The number of nitrogens with two attached hydrogens (primary N) is 1. The Morgan fingerprint density at radius 1 is 1.64 bits per heavy atom. The van der Waals surface area contributed by atoms with Crippen molar-refractivity contribution in [3.8, 4) is 5.88 Å². The van der Waals surface area contributed by atoms with Crippen molar-refractivity contribution in [2.45, 2.75) is 26.3 Å². The van der Waals surface area contributed by atoms with Crippen LogP contribution in [0.3, 0.4) is 0 Å². The molecule has 1 aromatic heterocycles. The Kier molecular flexibility index (Phi) is 2.46. The van der Waals surface area contributed by atoms with Crippen LogP contribution in [0.4, 0.5) is 0 Å². The summed E-state index contributed by atoms with van der Waals surface area (Å²) in [5.41, 5.74) is 5.37. The van der Waals surface area contributed by atoms with Crippen LogP contribution < -0.4 is 5.73 Å². The van der Waals surface area contributed by atoms with Crippen molar-refractivity contribution in [1.29, 1.82) is 0 Å². The topological polar surface area (TPSA) is 59.1 Å². The number of aromatic hydroxyl groups is 1. The van der Waals surface area contributed by atoms with Gasteiger partial charge in [0.2, 0.25) is 5.88 Å². The van der Waals surface area contributed by atoms with Gasteiger partial charge in [0.05, 0.1) is 9.88 Å². The summed E-state index contributed by atoms with van der Waals surface area (Å²) in [6, 6.07) is 0. The Bertz CT molecular complexity index is 245. The molecule has 11 heavy (non-hydrogen) atoms. The highest BCUT2D eigenvalue weighted by Crippen LogP contribution is 2.28. The Morgan fingerprint density at radius 2 is 2.27 bits per heavy atom. The molecule has 1 aromatic rings. The van der Waals surface area contributed by atoms with Gasteiger partial charge >= 0.3 is 0 Å². The van der Waals surface area contributed by atoms with Crippen LogP contribution in [0.2, 0.25) is 0 Å². The van der Waals surface area contributed by atoms with Crippen molar-refractivity contribution in [2.24, 2.45) is 5.73 Å². The van der Waals surface area contributed by atoms with Crippen LogP contribution in [0.15, 0.2) is 0 Å². The molecule has 0 aliphatic heterocycles. The Hall–Kier alpha value is -0.610. The molecule has 1 rings (SSSR count). The molecule has 0 radical (unpaired) electrons. The second kappa shape index (κ2) is 3.19. The maximum absolute atomic E-state index is 9.20. The molecule has 1 heterocycles. The summed E-state index contributed by atoms with van der Waals surface area (Å²) in [6.07, 6.45) is 0. The Balaban J connectivity index is 2.95. The SMILES string of the molecule is CC(C)c1nc(O)c(CN)s1. The van der Waals surface area contributed by atoms with Crippen LogP contribution in [0, 0.1) is 0 Å². The molecule has 0 saturated carbocycles. The van der Waals surface area contributed by atoms with Crippen LogP contribution in [0.5, 0.6) is 5.88 Å². The van der Waals surface area contributed by atoms with Crippen LogP contribution in [-0.2, 0) is 6.54 Å². The molecule has 0 fully saturated rings. The maximum Gasteiger partial charge on any atom is 0.226 e. The van der Waals surface area contributed by atoms with Crippen LogP contribution in [0.1, 0.15) is 29.7 Å². The Morgan fingerprint density at radius 3 is 2.55 bits per heavy atom. The van der Waals surface area contributed by atoms with E-state index in [1.807, 2.05) is 13.8 Å². The third-order valence-electron chi connectivity index (χ3n) is 1.37. The van der Waals surface area contributed by atoms with E-state index >= 15 is 0 Å². The molecular formula is C7H12N2OS. The largest absolute Gasteiger partial charge is 0.492 e. The zero-order chi connectivity index (χ0) is 8.43. The van der Waals surface area contributed by atoms with Gasteiger partial charge in [-0.05, 0) is 0 Å². The fraction of sp³-hybridized carbons (Fsp3) is 0.571. The van der Waals surface area contributed by atoms with Gasteiger partial charge < -0.3 is 10.8 Å². The van der Waals surface area contributed by atoms with Crippen molar-refractivity contribution in [3.63, 3.8) is 0 Å². The lowest BCUT2D eigenvalue weighted by molar-refractivity contribution is 0.449. The minimum absolute atomic E-state index is 0.0983. The summed E-state index contributed by atoms with van der Waals surface area (Å²) < 4.78 is 0. The third kappa shape index (κ3) is 1.70. The van der Waals surface area contributed by atoms with Crippen LogP contribution >= 0.6 is 11.3 Å². The van der Waals surface area contributed by atoms with Gasteiger partial charge in [0.25, 0.3) is 0 Å². The molecule has 0 saturated heterocycles. The molecule has 0 bridgehead atoms. The van der Waals surface area contributed by atoms with E-state index in [4.69, 9.17) is 5.73 Å². The van der Waals surface area contributed by atoms with E-state index in [2.05, 4.69) is 4.98 Å². The molecule has 0 aromatic carbocycles. The first-order valence-corrected chi connectivity index (χ1v) is 4.35. The minimum atomic E-state index is 0.0983. The zero-order valence-corrected chi connectivity index (χ0v) is 7.48. The van der Waals surface area contributed by atoms with Crippen LogP contribution in [-0.4, -0.2) is 10.1 Å².